The highest BCUT2D eigenvalue weighted by molar-refractivity contribution is 6.11. The number of phenolic OH excluding ortho intramolecular Hbond substituents is 2. The van der Waals surface area contributed by atoms with Crippen LogP contribution in [0.4, 0.5) is 0 Å². The van der Waals surface area contributed by atoms with E-state index in [2.05, 4.69) is 0 Å². The lowest BCUT2D eigenvalue weighted by molar-refractivity contribution is 0.0942. The highest BCUT2D eigenvalue weighted by Crippen LogP contribution is 2.33. The lowest BCUT2D eigenvalue weighted by atomic mass is 9.97. The number of rotatable bonds is 5. The molecule has 0 fully saturated rings. The molecule has 5 heteroatoms. The number of aromatic hydroxyl groups is 2. The van der Waals surface area contributed by atoms with E-state index in [-0.39, 0.29) is 34.8 Å². The molecule has 0 saturated carbocycles. The zero-order valence-corrected chi connectivity index (χ0v) is 11.2. The van der Waals surface area contributed by atoms with Crippen molar-refractivity contribution in [1.29, 1.82) is 0 Å². The molecule has 0 amide bonds. The highest BCUT2D eigenvalue weighted by Gasteiger charge is 2.20. The second-order valence-electron chi connectivity index (χ2n) is 4.70. The van der Waals surface area contributed by atoms with Crippen LogP contribution in [0.25, 0.3) is 0 Å². The van der Waals surface area contributed by atoms with E-state index in [4.69, 9.17) is 5.11 Å². The van der Waals surface area contributed by atoms with E-state index in [1.54, 1.807) is 30.3 Å². The summed E-state index contributed by atoms with van der Waals surface area (Å²) in [6.45, 7) is -0.504. The SMILES string of the molecule is O=C(c1ccccc1)c1ccc(O)c(CC(O)CO)c1O. The molecule has 21 heavy (non-hydrogen) atoms. The molecule has 0 aliphatic heterocycles. The van der Waals surface area contributed by atoms with Crippen molar-refractivity contribution in [2.24, 2.45) is 0 Å². The lowest BCUT2D eigenvalue weighted by Crippen LogP contribution is -2.16. The minimum atomic E-state index is -1.12. The average Bonchev–Trinajstić information content (AvgIpc) is 2.51. The largest absolute Gasteiger partial charge is 0.508 e. The van der Waals surface area contributed by atoms with E-state index in [9.17, 15) is 20.1 Å². The summed E-state index contributed by atoms with van der Waals surface area (Å²) < 4.78 is 0. The van der Waals surface area contributed by atoms with Gasteiger partial charge in [0.15, 0.2) is 5.78 Å². The highest BCUT2D eigenvalue weighted by atomic mass is 16.3. The molecule has 1 unspecified atom stereocenters. The number of aliphatic hydroxyl groups excluding tert-OH is 2. The van der Waals surface area contributed by atoms with E-state index in [0.717, 1.165) is 0 Å². The molecule has 0 aromatic heterocycles. The Balaban J connectivity index is 2.42. The predicted octanol–water partition coefficient (Wildman–Crippen LogP) is 1.22. The van der Waals surface area contributed by atoms with Crippen LogP contribution in [-0.2, 0) is 6.42 Å². The summed E-state index contributed by atoms with van der Waals surface area (Å²) in [6.07, 6.45) is -1.27. The maximum absolute atomic E-state index is 12.3. The van der Waals surface area contributed by atoms with Crippen molar-refractivity contribution in [1.82, 2.24) is 0 Å². The Kier molecular flexibility index (Phi) is 4.57. The number of benzene rings is 2. The third-order valence-electron chi connectivity index (χ3n) is 3.19. The topological polar surface area (TPSA) is 98.0 Å². The van der Waals surface area contributed by atoms with Gasteiger partial charge < -0.3 is 20.4 Å². The first kappa shape index (κ1) is 15.0. The smallest absolute Gasteiger partial charge is 0.196 e. The molecule has 1 atom stereocenters. The zero-order valence-electron chi connectivity index (χ0n) is 11.2. The summed E-state index contributed by atoms with van der Waals surface area (Å²) in [5.74, 6) is -0.992. The summed E-state index contributed by atoms with van der Waals surface area (Å²) in [5.41, 5.74) is 0.490. The van der Waals surface area contributed by atoms with Crippen LogP contribution in [0.3, 0.4) is 0 Å². The monoisotopic (exact) mass is 288 g/mol. The van der Waals surface area contributed by atoms with Crippen LogP contribution in [0.1, 0.15) is 21.5 Å². The van der Waals surface area contributed by atoms with Crippen LogP contribution in [0, 0.1) is 0 Å². The van der Waals surface area contributed by atoms with Crippen molar-refractivity contribution in [3.63, 3.8) is 0 Å². The standard InChI is InChI=1S/C16H16O5/c17-9-11(18)8-13-14(19)7-6-12(16(13)21)15(20)10-4-2-1-3-5-10/h1-7,11,17-19,21H,8-9H2. The fraction of sp³-hybridized carbons (Fsp3) is 0.188. The first-order chi connectivity index (χ1) is 10.0. The Morgan fingerprint density at radius 1 is 1.05 bits per heavy atom. The molecular formula is C16H16O5. The second kappa shape index (κ2) is 6.39. The van der Waals surface area contributed by atoms with Crippen molar-refractivity contribution in [2.75, 3.05) is 6.61 Å². The van der Waals surface area contributed by atoms with E-state index in [1.807, 2.05) is 0 Å². The Hall–Kier alpha value is -2.37. The van der Waals surface area contributed by atoms with Gasteiger partial charge in [0.05, 0.1) is 18.3 Å². The number of phenols is 2. The number of hydrogen-bond acceptors (Lipinski definition) is 5. The van der Waals surface area contributed by atoms with Crippen LogP contribution >= 0.6 is 0 Å². The number of aliphatic hydroxyl groups is 2. The number of carbonyl (C=O) groups excluding carboxylic acids is 1. The molecule has 0 saturated heterocycles. The van der Waals surface area contributed by atoms with Crippen LogP contribution in [-0.4, -0.2) is 38.9 Å². The summed E-state index contributed by atoms with van der Waals surface area (Å²) >= 11 is 0. The second-order valence-corrected chi connectivity index (χ2v) is 4.70. The minimum Gasteiger partial charge on any atom is -0.508 e. The molecule has 0 heterocycles. The van der Waals surface area contributed by atoms with Crippen LogP contribution < -0.4 is 0 Å². The zero-order chi connectivity index (χ0) is 15.4. The molecular weight excluding hydrogens is 272 g/mol. The van der Waals surface area contributed by atoms with Gasteiger partial charge in [-0.2, -0.15) is 0 Å². The van der Waals surface area contributed by atoms with Crippen molar-refractivity contribution < 1.29 is 25.2 Å². The molecule has 0 aliphatic carbocycles. The van der Waals surface area contributed by atoms with E-state index < -0.39 is 12.7 Å². The molecule has 0 aliphatic rings. The van der Waals surface area contributed by atoms with Gasteiger partial charge in [-0.15, -0.1) is 0 Å². The molecule has 5 nitrogen and oxygen atoms in total. The van der Waals surface area contributed by atoms with Crippen molar-refractivity contribution in [3.8, 4) is 11.5 Å². The van der Waals surface area contributed by atoms with Crippen molar-refractivity contribution in [2.45, 2.75) is 12.5 Å². The van der Waals surface area contributed by atoms with E-state index in [0.29, 0.717) is 5.56 Å². The van der Waals surface area contributed by atoms with Gasteiger partial charge in [-0.1, -0.05) is 30.3 Å². The Labute approximate surface area is 121 Å². The minimum absolute atomic E-state index is 0.0401. The quantitative estimate of drug-likeness (QED) is 0.620. The molecule has 4 N–H and O–H groups in total. The molecule has 2 rings (SSSR count). The fourth-order valence-corrected chi connectivity index (χ4v) is 2.06. The molecule has 0 spiro atoms. The first-order valence-corrected chi connectivity index (χ1v) is 6.47. The van der Waals surface area contributed by atoms with Crippen LogP contribution in [0.2, 0.25) is 0 Å². The average molecular weight is 288 g/mol. The van der Waals surface area contributed by atoms with Gasteiger partial charge in [-0.3, -0.25) is 4.79 Å². The number of carbonyl (C=O) groups is 1. The van der Waals surface area contributed by atoms with Gasteiger partial charge in [-0.25, -0.2) is 0 Å². The lowest BCUT2D eigenvalue weighted by Gasteiger charge is -2.13. The first-order valence-electron chi connectivity index (χ1n) is 6.47. The Morgan fingerprint density at radius 3 is 2.33 bits per heavy atom. The van der Waals surface area contributed by atoms with Gasteiger partial charge in [0, 0.05) is 17.5 Å². The Bertz CT molecular complexity index is 637. The van der Waals surface area contributed by atoms with Crippen LogP contribution in [0.15, 0.2) is 42.5 Å². The summed E-state index contributed by atoms with van der Waals surface area (Å²) in [4.78, 5) is 12.3. The number of hydrogen-bond donors (Lipinski definition) is 4. The third kappa shape index (κ3) is 3.21. The Morgan fingerprint density at radius 2 is 1.71 bits per heavy atom. The summed E-state index contributed by atoms with van der Waals surface area (Å²) in [7, 11) is 0. The van der Waals surface area contributed by atoms with Gasteiger partial charge in [0.25, 0.3) is 0 Å². The van der Waals surface area contributed by atoms with Gasteiger partial charge >= 0.3 is 0 Å². The summed E-state index contributed by atoms with van der Waals surface area (Å²) in [6, 6.07) is 11.1. The molecule has 110 valence electrons. The van der Waals surface area contributed by atoms with Crippen LogP contribution in [0.5, 0.6) is 11.5 Å². The molecule has 2 aromatic rings. The maximum atomic E-state index is 12.3. The van der Waals surface area contributed by atoms with Crippen molar-refractivity contribution in [3.05, 3.63) is 59.2 Å². The third-order valence-corrected chi connectivity index (χ3v) is 3.19. The van der Waals surface area contributed by atoms with Gasteiger partial charge in [-0.05, 0) is 12.1 Å². The fourth-order valence-electron chi connectivity index (χ4n) is 2.06. The summed E-state index contributed by atoms with van der Waals surface area (Å²) in [5, 5.41) is 38.2. The predicted molar refractivity (Wildman–Crippen MR) is 76.4 cm³/mol. The van der Waals surface area contributed by atoms with Crippen molar-refractivity contribution >= 4 is 5.78 Å². The normalized spacial score (nSPS) is 12.1. The van der Waals surface area contributed by atoms with Gasteiger partial charge in [0.2, 0.25) is 0 Å². The molecule has 0 radical (unpaired) electrons. The van der Waals surface area contributed by atoms with Gasteiger partial charge in [0.1, 0.15) is 11.5 Å². The maximum Gasteiger partial charge on any atom is 0.196 e. The molecule has 0 bridgehead atoms. The van der Waals surface area contributed by atoms with E-state index >= 15 is 0 Å². The van der Waals surface area contributed by atoms with E-state index in [1.165, 1.54) is 12.1 Å². The number of ketones is 1. The molecule has 2 aromatic carbocycles.